The van der Waals surface area contributed by atoms with E-state index in [1.807, 2.05) is 5.38 Å². The van der Waals surface area contributed by atoms with Crippen molar-refractivity contribution in [3.05, 3.63) is 21.9 Å². The molecule has 0 aromatic carbocycles. The molecule has 0 saturated carbocycles. The van der Waals surface area contributed by atoms with Gasteiger partial charge in [-0.2, -0.15) is 0 Å². The van der Waals surface area contributed by atoms with E-state index in [9.17, 15) is 8.78 Å². The lowest BCUT2D eigenvalue weighted by atomic mass is 10.0. The third-order valence-electron chi connectivity index (χ3n) is 2.08. The Balaban J connectivity index is 2.12. The van der Waals surface area contributed by atoms with Crippen molar-refractivity contribution in [1.29, 1.82) is 0 Å². The van der Waals surface area contributed by atoms with Crippen LogP contribution in [-0.4, -0.2) is 6.54 Å². The van der Waals surface area contributed by atoms with Crippen LogP contribution in [0.25, 0.3) is 0 Å². The minimum Gasteiger partial charge on any atom is -0.310 e. The second-order valence-electron chi connectivity index (χ2n) is 2.88. The van der Waals surface area contributed by atoms with Gasteiger partial charge in [0.2, 0.25) is 0 Å². The summed E-state index contributed by atoms with van der Waals surface area (Å²) in [5.74, 6) is 0. The van der Waals surface area contributed by atoms with Crippen molar-refractivity contribution in [3.63, 3.8) is 0 Å². The molecule has 1 saturated heterocycles. The van der Waals surface area contributed by atoms with E-state index < -0.39 is 6.43 Å². The summed E-state index contributed by atoms with van der Waals surface area (Å²) in [4.78, 5) is 0.179. The number of hydrogen-bond acceptors (Lipinski definition) is 2. The molecular weight excluding hydrogens is 180 g/mol. The number of alkyl halides is 2. The van der Waals surface area contributed by atoms with Crippen LogP contribution in [0.1, 0.15) is 29.3 Å². The Bertz CT molecular complexity index is 268. The van der Waals surface area contributed by atoms with Crippen LogP contribution >= 0.6 is 11.3 Å². The van der Waals surface area contributed by atoms with Gasteiger partial charge in [0.25, 0.3) is 6.43 Å². The maximum Gasteiger partial charge on any atom is 0.272 e. The summed E-state index contributed by atoms with van der Waals surface area (Å²) in [5, 5.41) is 4.99. The Kier molecular flexibility index (Phi) is 2.11. The predicted molar refractivity (Wildman–Crippen MR) is 44.6 cm³/mol. The first-order valence-corrected chi connectivity index (χ1v) is 4.75. The van der Waals surface area contributed by atoms with Crippen molar-refractivity contribution in [2.75, 3.05) is 6.54 Å². The Morgan fingerprint density at radius 1 is 1.58 bits per heavy atom. The maximum atomic E-state index is 12.2. The summed E-state index contributed by atoms with van der Waals surface area (Å²) in [6, 6.07) is 1.93. The second-order valence-corrected chi connectivity index (χ2v) is 3.82. The van der Waals surface area contributed by atoms with Gasteiger partial charge in [0.05, 0.1) is 4.88 Å². The normalized spacial score (nSPS) is 22.8. The lowest BCUT2D eigenvalue weighted by Crippen LogP contribution is -2.34. The van der Waals surface area contributed by atoms with Crippen molar-refractivity contribution >= 4 is 11.3 Å². The number of hydrogen-bond donors (Lipinski definition) is 1. The van der Waals surface area contributed by atoms with E-state index in [-0.39, 0.29) is 4.88 Å². The van der Waals surface area contributed by atoms with Crippen LogP contribution in [0.5, 0.6) is 0 Å². The summed E-state index contributed by atoms with van der Waals surface area (Å²) in [6.07, 6.45) is -1.25. The smallest absolute Gasteiger partial charge is 0.272 e. The summed E-state index contributed by atoms with van der Waals surface area (Å²) in [5.41, 5.74) is 1.02. The molecule has 1 aromatic heterocycles. The van der Waals surface area contributed by atoms with Crippen LogP contribution < -0.4 is 5.32 Å². The van der Waals surface area contributed by atoms with Crippen LogP contribution in [-0.2, 0) is 0 Å². The molecule has 2 heterocycles. The molecule has 0 amide bonds. The average Bonchev–Trinajstić information content (AvgIpc) is 2.32. The minimum atomic E-state index is -2.32. The van der Waals surface area contributed by atoms with Crippen molar-refractivity contribution < 1.29 is 8.78 Å². The van der Waals surface area contributed by atoms with E-state index in [2.05, 4.69) is 5.32 Å². The molecule has 1 aromatic rings. The fraction of sp³-hybridized carbons (Fsp3) is 0.500. The molecule has 0 spiro atoms. The van der Waals surface area contributed by atoms with E-state index in [1.54, 1.807) is 6.07 Å². The standard InChI is InChI=1S/C8H9F2NS/c9-8(10)7-3-5(4-12-7)6-1-2-11-6/h3-4,6,8,11H,1-2H2/t6-/m0/s1. The summed E-state index contributed by atoms with van der Waals surface area (Å²) >= 11 is 1.15. The van der Waals surface area contributed by atoms with Crippen LogP contribution in [0.3, 0.4) is 0 Å². The molecule has 2 rings (SSSR count). The fourth-order valence-electron chi connectivity index (χ4n) is 1.24. The number of halogens is 2. The molecule has 1 nitrogen and oxygen atoms in total. The van der Waals surface area contributed by atoms with Gasteiger partial charge in [0, 0.05) is 6.04 Å². The van der Waals surface area contributed by atoms with E-state index in [0.717, 1.165) is 29.9 Å². The number of thiophene rings is 1. The van der Waals surface area contributed by atoms with E-state index in [1.165, 1.54) is 0 Å². The van der Waals surface area contributed by atoms with Crippen molar-refractivity contribution in [2.24, 2.45) is 0 Å². The quantitative estimate of drug-likeness (QED) is 0.754. The SMILES string of the molecule is FC(F)c1cc([C@@H]2CCN2)cs1. The molecule has 1 aliphatic rings. The zero-order valence-electron chi connectivity index (χ0n) is 6.39. The molecule has 0 aliphatic carbocycles. The summed E-state index contributed by atoms with van der Waals surface area (Å²) in [7, 11) is 0. The highest BCUT2D eigenvalue weighted by molar-refractivity contribution is 7.10. The Labute approximate surface area is 73.4 Å². The average molecular weight is 189 g/mol. The van der Waals surface area contributed by atoms with Gasteiger partial charge in [-0.25, -0.2) is 8.78 Å². The molecule has 1 atom stereocenters. The van der Waals surface area contributed by atoms with Crippen LogP contribution in [0.15, 0.2) is 11.4 Å². The second kappa shape index (κ2) is 3.11. The Morgan fingerprint density at radius 3 is 2.75 bits per heavy atom. The molecule has 0 bridgehead atoms. The largest absolute Gasteiger partial charge is 0.310 e. The van der Waals surface area contributed by atoms with E-state index in [4.69, 9.17) is 0 Å². The zero-order chi connectivity index (χ0) is 8.55. The molecule has 1 N–H and O–H groups in total. The predicted octanol–water partition coefficient (Wildman–Crippen LogP) is 2.72. The van der Waals surface area contributed by atoms with Gasteiger partial charge in [0.15, 0.2) is 0 Å². The molecule has 66 valence electrons. The first kappa shape index (κ1) is 8.13. The monoisotopic (exact) mass is 189 g/mol. The van der Waals surface area contributed by atoms with Crippen LogP contribution in [0.4, 0.5) is 8.78 Å². The molecular formula is C8H9F2NS. The minimum absolute atomic E-state index is 0.179. The zero-order valence-corrected chi connectivity index (χ0v) is 7.20. The van der Waals surface area contributed by atoms with Crippen molar-refractivity contribution in [3.8, 4) is 0 Å². The van der Waals surface area contributed by atoms with Gasteiger partial charge in [-0.15, -0.1) is 11.3 Å². The highest BCUT2D eigenvalue weighted by Gasteiger charge is 2.21. The topological polar surface area (TPSA) is 12.0 Å². The van der Waals surface area contributed by atoms with Gasteiger partial charge < -0.3 is 5.32 Å². The van der Waals surface area contributed by atoms with E-state index in [0.29, 0.717) is 6.04 Å². The van der Waals surface area contributed by atoms with Gasteiger partial charge in [-0.1, -0.05) is 0 Å². The first-order chi connectivity index (χ1) is 5.77. The molecule has 0 unspecified atom stereocenters. The van der Waals surface area contributed by atoms with Gasteiger partial charge in [0.1, 0.15) is 0 Å². The molecule has 0 radical (unpaired) electrons. The lowest BCUT2D eigenvalue weighted by molar-refractivity contribution is 0.155. The molecule has 1 aliphatic heterocycles. The van der Waals surface area contributed by atoms with Crippen molar-refractivity contribution in [2.45, 2.75) is 18.9 Å². The molecule has 4 heteroatoms. The highest BCUT2D eigenvalue weighted by atomic mass is 32.1. The number of nitrogens with one attached hydrogen (secondary N) is 1. The van der Waals surface area contributed by atoms with Crippen LogP contribution in [0.2, 0.25) is 0 Å². The molecule has 12 heavy (non-hydrogen) atoms. The Morgan fingerprint density at radius 2 is 2.33 bits per heavy atom. The lowest BCUT2D eigenvalue weighted by Gasteiger charge is -2.26. The Hall–Kier alpha value is -0.480. The van der Waals surface area contributed by atoms with Gasteiger partial charge >= 0.3 is 0 Å². The van der Waals surface area contributed by atoms with Crippen LogP contribution in [0, 0.1) is 0 Å². The first-order valence-electron chi connectivity index (χ1n) is 3.87. The van der Waals surface area contributed by atoms with Gasteiger partial charge in [-0.3, -0.25) is 0 Å². The third kappa shape index (κ3) is 1.36. The fourth-order valence-corrected chi connectivity index (χ4v) is 2.05. The van der Waals surface area contributed by atoms with Crippen molar-refractivity contribution in [1.82, 2.24) is 5.32 Å². The summed E-state index contributed by atoms with van der Waals surface area (Å²) < 4.78 is 24.3. The third-order valence-corrected chi connectivity index (χ3v) is 3.04. The summed E-state index contributed by atoms with van der Waals surface area (Å²) in [6.45, 7) is 1.00. The number of rotatable bonds is 2. The van der Waals surface area contributed by atoms with Gasteiger partial charge in [-0.05, 0) is 30.0 Å². The van der Waals surface area contributed by atoms with E-state index >= 15 is 0 Å². The molecule has 1 fully saturated rings. The highest BCUT2D eigenvalue weighted by Crippen LogP contribution is 2.31. The maximum absolute atomic E-state index is 12.2.